The van der Waals surface area contributed by atoms with Crippen LogP contribution >= 0.6 is 11.1 Å². The van der Waals surface area contributed by atoms with Crippen LogP contribution < -0.4 is 4.98 Å². The summed E-state index contributed by atoms with van der Waals surface area (Å²) >= 11 is 5.94. The molecule has 0 aliphatic rings. The van der Waals surface area contributed by atoms with Crippen molar-refractivity contribution in [1.82, 2.24) is 4.98 Å². The normalized spacial score (nSPS) is 12.0. The summed E-state index contributed by atoms with van der Waals surface area (Å²) in [4.78, 5) is 3.28. The molecule has 3 heteroatoms. The number of rotatable bonds is 3. The zero-order valence-corrected chi connectivity index (χ0v) is 7.55. The highest BCUT2D eigenvalue weighted by molar-refractivity contribution is 7.17. The van der Waals surface area contributed by atoms with Crippen molar-refractivity contribution in [3.05, 3.63) is 0 Å². The Kier molecular flexibility index (Phi) is 3.69. The molecule has 0 radical (unpaired) electrons. The van der Waals surface area contributed by atoms with Crippen LogP contribution in [0.15, 0.2) is 0 Å². The first-order valence-corrected chi connectivity index (χ1v) is 7.01. The molecular formula is C5H14ClNSi. The molecule has 0 saturated heterocycles. The zero-order valence-electron chi connectivity index (χ0n) is 5.79. The van der Waals surface area contributed by atoms with Crippen molar-refractivity contribution in [2.75, 3.05) is 6.54 Å². The van der Waals surface area contributed by atoms with Gasteiger partial charge in [0.15, 0.2) is 0 Å². The summed E-state index contributed by atoms with van der Waals surface area (Å²) in [6.45, 7) is 7.38. The van der Waals surface area contributed by atoms with Crippen LogP contribution in [-0.2, 0) is 0 Å². The Morgan fingerprint density at radius 2 is 2.00 bits per heavy atom. The van der Waals surface area contributed by atoms with Gasteiger partial charge in [0.2, 0.25) is 7.55 Å². The minimum Gasteiger partial charge on any atom is -0.326 e. The van der Waals surface area contributed by atoms with Crippen molar-refractivity contribution in [3.63, 3.8) is 0 Å². The van der Waals surface area contributed by atoms with E-state index in [1.165, 1.54) is 6.42 Å². The Morgan fingerprint density at radius 3 is 2.12 bits per heavy atom. The molecule has 0 atom stereocenters. The fourth-order valence-electron chi connectivity index (χ4n) is 0.422. The second kappa shape index (κ2) is 3.48. The van der Waals surface area contributed by atoms with Gasteiger partial charge in [-0.3, -0.25) is 0 Å². The van der Waals surface area contributed by atoms with E-state index in [1.807, 2.05) is 0 Å². The van der Waals surface area contributed by atoms with Gasteiger partial charge >= 0.3 is 0 Å². The number of hydrogen-bond acceptors (Lipinski definition) is 1. The molecule has 0 aliphatic carbocycles. The quantitative estimate of drug-likeness (QED) is 0.480. The van der Waals surface area contributed by atoms with E-state index in [0.29, 0.717) is 0 Å². The summed E-state index contributed by atoms with van der Waals surface area (Å²) in [5, 5.41) is 0. The summed E-state index contributed by atoms with van der Waals surface area (Å²) in [5.41, 5.74) is 0. The lowest BCUT2D eigenvalue weighted by molar-refractivity contribution is 0.849. The van der Waals surface area contributed by atoms with E-state index in [2.05, 4.69) is 25.0 Å². The van der Waals surface area contributed by atoms with Gasteiger partial charge in [-0.1, -0.05) is 6.92 Å². The first kappa shape index (κ1) is 8.47. The lowest BCUT2D eigenvalue weighted by atomic mass is 10.5. The fourth-order valence-corrected chi connectivity index (χ4v) is 1.55. The summed E-state index contributed by atoms with van der Waals surface area (Å²) in [6, 6.07) is 0. The first-order chi connectivity index (χ1) is 3.56. The van der Waals surface area contributed by atoms with Crippen molar-refractivity contribution >= 4 is 18.6 Å². The van der Waals surface area contributed by atoms with E-state index in [-0.39, 0.29) is 0 Å². The molecule has 0 amide bonds. The van der Waals surface area contributed by atoms with Gasteiger partial charge in [0.05, 0.1) is 0 Å². The summed E-state index contributed by atoms with van der Waals surface area (Å²) in [5.74, 6) is 0. The van der Waals surface area contributed by atoms with Gasteiger partial charge in [0, 0.05) is 0 Å². The lowest BCUT2D eigenvalue weighted by Crippen LogP contribution is -2.39. The maximum atomic E-state index is 5.94. The van der Waals surface area contributed by atoms with Crippen LogP contribution in [0.25, 0.3) is 0 Å². The Bertz CT molecular complexity index is 59.9. The monoisotopic (exact) mass is 151 g/mol. The third kappa shape index (κ3) is 6.47. The molecule has 0 heterocycles. The van der Waals surface area contributed by atoms with E-state index >= 15 is 0 Å². The molecule has 0 fully saturated rings. The Labute approximate surface area is 57.2 Å². The lowest BCUT2D eigenvalue weighted by Gasteiger charge is -2.13. The molecule has 0 bridgehead atoms. The average molecular weight is 152 g/mol. The van der Waals surface area contributed by atoms with Gasteiger partial charge in [0.25, 0.3) is 0 Å². The maximum absolute atomic E-state index is 5.94. The van der Waals surface area contributed by atoms with E-state index in [0.717, 1.165) is 6.54 Å². The summed E-state index contributed by atoms with van der Waals surface area (Å²) in [7, 11) is -1.46. The highest BCUT2D eigenvalue weighted by Crippen LogP contribution is 2.00. The van der Waals surface area contributed by atoms with Gasteiger partial charge in [-0.05, 0) is 26.1 Å². The number of halogens is 1. The minimum absolute atomic E-state index is 1.06. The van der Waals surface area contributed by atoms with Crippen LogP contribution in [-0.4, -0.2) is 14.1 Å². The third-order valence-electron chi connectivity index (χ3n) is 0.795. The van der Waals surface area contributed by atoms with Crippen LogP contribution in [0.1, 0.15) is 13.3 Å². The van der Waals surface area contributed by atoms with Gasteiger partial charge < -0.3 is 4.98 Å². The molecule has 0 aliphatic heterocycles. The highest BCUT2D eigenvalue weighted by atomic mass is 35.6. The molecule has 0 aromatic carbocycles. The predicted octanol–water partition coefficient (Wildman–Crippen LogP) is 1.93. The molecule has 0 spiro atoms. The molecule has 1 N–H and O–H groups in total. The first-order valence-electron chi connectivity index (χ1n) is 3.00. The second-order valence-electron chi connectivity index (χ2n) is 2.40. The fraction of sp³-hybridized carbons (Fsp3) is 1.00. The Hall–Kier alpha value is 0.467. The van der Waals surface area contributed by atoms with E-state index in [9.17, 15) is 0 Å². The minimum atomic E-state index is -1.46. The summed E-state index contributed by atoms with van der Waals surface area (Å²) in [6.07, 6.45) is 1.17. The molecule has 50 valence electrons. The van der Waals surface area contributed by atoms with Crippen LogP contribution in [0.3, 0.4) is 0 Å². The topological polar surface area (TPSA) is 12.0 Å². The van der Waals surface area contributed by atoms with Gasteiger partial charge in [0.1, 0.15) is 0 Å². The molecule has 0 aromatic rings. The standard InChI is InChI=1S/C5H14ClNSi/c1-4-5-7-8(2,3)6/h7H,4-5H2,1-3H3. The molecule has 8 heavy (non-hydrogen) atoms. The smallest absolute Gasteiger partial charge is 0.220 e. The van der Waals surface area contributed by atoms with Crippen LogP contribution in [0, 0.1) is 0 Å². The third-order valence-corrected chi connectivity index (χ3v) is 2.29. The van der Waals surface area contributed by atoms with Crippen LogP contribution in [0.2, 0.25) is 13.1 Å². The van der Waals surface area contributed by atoms with Crippen molar-refractivity contribution in [2.24, 2.45) is 0 Å². The van der Waals surface area contributed by atoms with Crippen LogP contribution in [0.4, 0.5) is 0 Å². The number of hydrogen-bond donors (Lipinski definition) is 1. The highest BCUT2D eigenvalue weighted by Gasteiger charge is 2.13. The van der Waals surface area contributed by atoms with Crippen molar-refractivity contribution in [1.29, 1.82) is 0 Å². The number of nitrogens with one attached hydrogen (secondary N) is 1. The van der Waals surface area contributed by atoms with Gasteiger partial charge in [-0.15, -0.1) is 11.1 Å². The van der Waals surface area contributed by atoms with E-state index < -0.39 is 7.55 Å². The van der Waals surface area contributed by atoms with Crippen LogP contribution in [0.5, 0.6) is 0 Å². The molecule has 0 unspecified atom stereocenters. The average Bonchev–Trinajstić information content (AvgIpc) is 1.59. The Balaban J connectivity index is 3.11. The van der Waals surface area contributed by atoms with E-state index in [4.69, 9.17) is 11.1 Å². The molecule has 0 saturated carbocycles. The van der Waals surface area contributed by atoms with Gasteiger partial charge in [-0.2, -0.15) is 0 Å². The molecule has 0 rings (SSSR count). The SMILES string of the molecule is CCCN[Si](C)(C)Cl. The van der Waals surface area contributed by atoms with Crippen molar-refractivity contribution in [3.8, 4) is 0 Å². The van der Waals surface area contributed by atoms with Gasteiger partial charge in [-0.25, -0.2) is 0 Å². The van der Waals surface area contributed by atoms with Crippen molar-refractivity contribution < 1.29 is 0 Å². The maximum Gasteiger partial charge on any atom is 0.220 e. The molecule has 0 aromatic heterocycles. The predicted molar refractivity (Wildman–Crippen MR) is 41.6 cm³/mol. The molecular weight excluding hydrogens is 138 g/mol. The molecule has 1 nitrogen and oxygen atoms in total. The van der Waals surface area contributed by atoms with Crippen molar-refractivity contribution in [2.45, 2.75) is 26.4 Å². The Morgan fingerprint density at radius 1 is 1.50 bits per heavy atom. The zero-order chi connectivity index (χ0) is 6.62. The largest absolute Gasteiger partial charge is 0.326 e. The van der Waals surface area contributed by atoms with E-state index in [1.54, 1.807) is 0 Å². The summed E-state index contributed by atoms with van der Waals surface area (Å²) < 4.78 is 0. The second-order valence-corrected chi connectivity index (χ2v) is 8.53.